The molecule has 2 rings (SSSR count). The second-order valence-electron chi connectivity index (χ2n) is 7.05. The molecule has 1 fully saturated rings. The monoisotopic (exact) mass is 264 g/mol. The van der Waals surface area contributed by atoms with Crippen molar-refractivity contribution in [2.45, 2.75) is 65.5 Å². The Hall–Kier alpha value is -0.900. The molecular weight excluding hydrogens is 236 g/mol. The molecule has 1 aromatic rings. The Labute approximate surface area is 117 Å². The molecule has 0 saturated heterocycles. The van der Waals surface area contributed by atoms with Crippen molar-refractivity contribution < 1.29 is 0 Å². The third-order valence-electron chi connectivity index (χ3n) is 4.48. The molecule has 1 aliphatic carbocycles. The largest absolute Gasteiger partial charge is 0.319 e. The standard InChI is InChI=1S/C15H28N4/c1-11(14-18-16-10-19(14)5)17-13-9-7-6-8-12(13)15(2,3)4/h10-13,17H,6-9H2,1-5H3. The molecule has 1 aliphatic rings. The average Bonchev–Trinajstić information content (AvgIpc) is 2.75. The Balaban J connectivity index is 2.06. The van der Waals surface area contributed by atoms with E-state index in [1.807, 2.05) is 11.6 Å². The minimum atomic E-state index is 0.264. The van der Waals surface area contributed by atoms with E-state index in [1.165, 1.54) is 25.7 Å². The minimum Gasteiger partial charge on any atom is -0.319 e. The molecule has 4 nitrogen and oxygen atoms in total. The van der Waals surface area contributed by atoms with Crippen LogP contribution in [0.1, 0.15) is 65.2 Å². The number of hydrogen-bond donors (Lipinski definition) is 1. The van der Waals surface area contributed by atoms with Crippen molar-refractivity contribution in [3.63, 3.8) is 0 Å². The maximum atomic E-state index is 4.22. The van der Waals surface area contributed by atoms with Gasteiger partial charge in [-0.1, -0.05) is 33.6 Å². The predicted octanol–water partition coefficient (Wildman–Crippen LogP) is 3.07. The summed E-state index contributed by atoms with van der Waals surface area (Å²) in [7, 11) is 2.01. The van der Waals surface area contributed by atoms with Crippen LogP contribution in [-0.2, 0) is 7.05 Å². The zero-order chi connectivity index (χ0) is 14.0. The van der Waals surface area contributed by atoms with E-state index in [4.69, 9.17) is 0 Å². The SMILES string of the molecule is CC(NC1CCCCC1C(C)(C)C)c1nncn1C. The highest BCUT2D eigenvalue weighted by molar-refractivity contribution is 4.96. The first-order valence-electron chi connectivity index (χ1n) is 7.49. The van der Waals surface area contributed by atoms with Crippen LogP contribution in [0.4, 0.5) is 0 Å². The van der Waals surface area contributed by atoms with Crippen LogP contribution in [0.3, 0.4) is 0 Å². The van der Waals surface area contributed by atoms with Crippen molar-refractivity contribution in [3.05, 3.63) is 12.2 Å². The summed E-state index contributed by atoms with van der Waals surface area (Å²) in [5.74, 6) is 1.77. The zero-order valence-electron chi connectivity index (χ0n) is 13.0. The van der Waals surface area contributed by atoms with Gasteiger partial charge in [0.05, 0.1) is 6.04 Å². The molecule has 1 saturated carbocycles. The lowest BCUT2D eigenvalue weighted by molar-refractivity contribution is 0.123. The van der Waals surface area contributed by atoms with E-state index in [1.54, 1.807) is 6.33 Å². The molecule has 0 spiro atoms. The summed E-state index contributed by atoms with van der Waals surface area (Å²) in [4.78, 5) is 0. The molecule has 1 heterocycles. The van der Waals surface area contributed by atoms with E-state index < -0.39 is 0 Å². The second-order valence-corrected chi connectivity index (χ2v) is 7.05. The predicted molar refractivity (Wildman–Crippen MR) is 77.8 cm³/mol. The van der Waals surface area contributed by atoms with E-state index in [2.05, 4.69) is 43.2 Å². The Morgan fingerprint density at radius 1 is 1.32 bits per heavy atom. The third kappa shape index (κ3) is 3.35. The molecule has 1 N–H and O–H groups in total. The molecule has 0 aliphatic heterocycles. The molecule has 3 unspecified atom stereocenters. The summed E-state index contributed by atoms with van der Waals surface area (Å²) in [6.45, 7) is 9.29. The molecule has 0 amide bonds. The normalized spacial score (nSPS) is 26.4. The number of aryl methyl sites for hydroxylation is 1. The smallest absolute Gasteiger partial charge is 0.149 e. The summed E-state index contributed by atoms with van der Waals surface area (Å²) < 4.78 is 2.01. The van der Waals surface area contributed by atoms with Crippen molar-refractivity contribution in [2.24, 2.45) is 18.4 Å². The molecular formula is C15H28N4. The van der Waals surface area contributed by atoms with Crippen molar-refractivity contribution in [1.82, 2.24) is 20.1 Å². The van der Waals surface area contributed by atoms with Crippen LogP contribution >= 0.6 is 0 Å². The van der Waals surface area contributed by atoms with Crippen LogP contribution in [0.2, 0.25) is 0 Å². The number of rotatable bonds is 3. The maximum absolute atomic E-state index is 4.22. The van der Waals surface area contributed by atoms with Crippen LogP contribution in [0, 0.1) is 11.3 Å². The van der Waals surface area contributed by atoms with Gasteiger partial charge in [-0.15, -0.1) is 10.2 Å². The van der Waals surface area contributed by atoms with Crippen LogP contribution < -0.4 is 5.32 Å². The third-order valence-corrected chi connectivity index (χ3v) is 4.48. The van der Waals surface area contributed by atoms with Crippen LogP contribution in [0.5, 0.6) is 0 Å². The molecule has 0 aromatic carbocycles. The lowest BCUT2D eigenvalue weighted by Gasteiger charge is -2.42. The van der Waals surface area contributed by atoms with E-state index in [9.17, 15) is 0 Å². The van der Waals surface area contributed by atoms with Gasteiger partial charge in [0, 0.05) is 13.1 Å². The molecule has 1 aromatic heterocycles. The Morgan fingerprint density at radius 3 is 2.58 bits per heavy atom. The van der Waals surface area contributed by atoms with Crippen molar-refractivity contribution in [2.75, 3.05) is 0 Å². The fraction of sp³-hybridized carbons (Fsp3) is 0.867. The lowest BCUT2D eigenvalue weighted by Crippen LogP contribution is -2.45. The van der Waals surface area contributed by atoms with E-state index in [0.717, 1.165) is 11.7 Å². The van der Waals surface area contributed by atoms with Crippen molar-refractivity contribution >= 4 is 0 Å². The summed E-state index contributed by atoms with van der Waals surface area (Å²) in [6, 6.07) is 0.862. The summed E-state index contributed by atoms with van der Waals surface area (Å²) in [5, 5.41) is 12.0. The molecule has 4 heteroatoms. The second kappa shape index (κ2) is 5.61. The molecule has 0 bridgehead atoms. The van der Waals surface area contributed by atoms with Gasteiger partial charge in [0.15, 0.2) is 0 Å². The first-order chi connectivity index (χ1) is 8.89. The number of aromatic nitrogens is 3. The van der Waals surface area contributed by atoms with Gasteiger partial charge in [-0.25, -0.2) is 0 Å². The Bertz CT molecular complexity index is 405. The zero-order valence-corrected chi connectivity index (χ0v) is 13.0. The van der Waals surface area contributed by atoms with Crippen LogP contribution in [-0.4, -0.2) is 20.8 Å². The summed E-state index contributed by atoms with van der Waals surface area (Å²) >= 11 is 0. The van der Waals surface area contributed by atoms with Gasteiger partial charge in [-0.05, 0) is 31.1 Å². The topological polar surface area (TPSA) is 42.7 Å². The summed E-state index contributed by atoms with van der Waals surface area (Å²) in [6.07, 6.45) is 7.11. The van der Waals surface area contributed by atoms with Gasteiger partial charge in [-0.2, -0.15) is 0 Å². The van der Waals surface area contributed by atoms with Crippen molar-refractivity contribution in [3.8, 4) is 0 Å². The van der Waals surface area contributed by atoms with E-state index in [0.29, 0.717) is 11.5 Å². The first-order valence-corrected chi connectivity index (χ1v) is 7.49. The van der Waals surface area contributed by atoms with E-state index >= 15 is 0 Å². The maximum Gasteiger partial charge on any atom is 0.149 e. The highest BCUT2D eigenvalue weighted by Gasteiger charge is 2.35. The first kappa shape index (κ1) is 14.5. The molecule has 3 atom stereocenters. The van der Waals surface area contributed by atoms with E-state index in [-0.39, 0.29) is 6.04 Å². The lowest BCUT2D eigenvalue weighted by atomic mass is 9.69. The highest BCUT2D eigenvalue weighted by Crippen LogP contribution is 2.38. The fourth-order valence-corrected chi connectivity index (χ4v) is 3.45. The average molecular weight is 264 g/mol. The summed E-state index contributed by atoms with van der Waals surface area (Å²) in [5.41, 5.74) is 0.373. The molecule has 0 radical (unpaired) electrons. The van der Waals surface area contributed by atoms with Gasteiger partial charge in [-0.3, -0.25) is 0 Å². The minimum absolute atomic E-state index is 0.264. The highest BCUT2D eigenvalue weighted by atomic mass is 15.3. The number of nitrogens with one attached hydrogen (secondary N) is 1. The quantitative estimate of drug-likeness (QED) is 0.912. The molecule has 108 valence electrons. The fourth-order valence-electron chi connectivity index (χ4n) is 3.45. The van der Waals surface area contributed by atoms with Crippen LogP contribution in [0.15, 0.2) is 6.33 Å². The van der Waals surface area contributed by atoms with Gasteiger partial charge >= 0.3 is 0 Å². The van der Waals surface area contributed by atoms with Gasteiger partial charge in [0.1, 0.15) is 12.2 Å². The molecule has 19 heavy (non-hydrogen) atoms. The van der Waals surface area contributed by atoms with Gasteiger partial charge < -0.3 is 9.88 Å². The Kier molecular flexibility index (Phi) is 4.29. The van der Waals surface area contributed by atoms with Gasteiger partial charge in [0.25, 0.3) is 0 Å². The number of hydrogen-bond acceptors (Lipinski definition) is 3. The number of nitrogens with zero attached hydrogens (tertiary/aromatic N) is 3. The van der Waals surface area contributed by atoms with Crippen molar-refractivity contribution in [1.29, 1.82) is 0 Å². The van der Waals surface area contributed by atoms with Gasteiger partial charge in [0.2, 0.25) is 0 Å². The van der Waals surface area contributed by atoms with Crippen LogP contribution in [0.25, 0.3) is 0 Å². The Morgan fingerprint density at radius 2 is 2.00 bits per heavy atom.